The van der Waals surface area contributed by atoms with E-state index in [1.54, 1.807) is 43.3 Å². The van der Waals surface area contributed by atoms with E-state index in [0.29, 0.717) is 16.9 Å². The number of sulfonamides is 1. The second kappa shape index (κ2) is 10.6. The molecule has 0 aliphatic heterocycles. The molecule has 0 aliphatic rings. The molecule has 0 heterocycles. The van der Waals surface area contributed by atoms with E-state index in [1.807, 2.05) is 33.8 Å². The Bertz CT molecular complexity index is 1080. The number of carbonyl (C=O) groups excluding carboxylic acids is 2. The van der Waals surface area contributed by atoms with Crippen LogP contribution in [-0.4, -0.2) is 38.6 Å². The Morgan fingerprint density at radius 2 is 1.66 bits per heavy atom. The van der Waals surface area contributed by atoms with Gasteiger partial charge < -0.3 is 10.6 Å². The van der Waals surface area contributed by atoms with Crippen molar-refractivity contribution in [1.29, 1.82) is 0 Å². The Morgan fingerprint density at radius 3 is 2.22 bits per heavy atom. The standard InChI is InChI=1S/C24H33N3O4S/c1-7-18(5)25-23(28)20-11-9-10-12-21(20)26-24(29)22(8-2)27(32(6,30)31)19-14-13-16(3)17(4)15-19/h9-15,18,22H,7-8H2,1-6H3,(H,25,28)(H,26,29)/t18-,22-/m0/s1. The molecule has 8 heteroatoms. The van der Waals surface area contributed by atoms with Gasteiger partial charge in [0.1, 0.15) is 6.04 Å². The van der Waals surface area contributed by atoms with Crippen molar-refractivity contribution in [1.82, 2.24) is 5.32 Å². The zero-order chi connectivity index (χ0) is 24.1. The van der Waals surface area contributed by atoms with E-state index in [4.69, 9.17) is 0 Å². The molecule has 0 spiro atoms. The highest BCUT2D eigenvalue weighted by molar-refractivity contribution is 7.92. The van der Waals surface area contributed by atoms with Gasteiger partial charge in [0.05, 0.1) is 23.2 Å². The van der Waals surface area contributed by atoms with Gasteiger partial charge in [-0.2, -0.15) is 0 Å². The summed E-state index contributed by atoms with van der Waals surface area (Å²) in [7, 11) is -3.75. The van der Waals surface area contributed by atoms with Crippen molar-refractivity contribution in [2.45, 2.75) is 59.5 Å². The molecule has 7 nitrogen and oxygen atoms in total. The van der Waals surface area contributed by atoms with Gasteiger partial charge in [0.2, 0.25) is 15.9 Å². The zero-order valence-corrected chi connectivity index (χ0v) is 20.4. The van der Waals surface area contributed by atoms with Gasteiger partial charge in [-0.25, -0.2) is 8.42 Å². The van der Waals surface area contributed by atoms with Gasteiger partial charge in [0, 0.05) is 6.04 Å². The molecule has 2 aromatic carbocycles. The fourth-order valence-corrected chi connectivity index (χ4v) is 4.54. The lowest BCUT2D eigenvalue weighted by atomic mass is 10.1. The highest BCUT2D eigenvalue weighted by Crippen LogP contribution is 2.26. The molecule has 174 valence electrons. The number of amides is 2. The summed E-state index contributed by atoms with van der Waals surface area (Å²) >= 11 is 0. The molecular formula is C24H33N3O4S. The minimum Gasteiger partial charge on any atom is -0.350 e. The second-order valence-electron chi connectivity index (χ2n) is 8.07. The van der Waals surface area contributed by atoms with Crippen LogP contribution in [-0.2, 0) is 14.8 Å². The Balaban J connectivity index is 2.40. The number of hydrogen-bond donors (Lipinski definition) is 2. The largest absolute Gasteiger partial charge is 0.350 e. The fraction of sp³-hybridized carbons (Fsp3) is 0.417. The third kappa shape index (κ3) is 6.09. The minimum atomic E-state index is -3.75. The van der Waals surface area contributed by atoms with E-state index in [9.17, 15) is 18.0 Å². The quantitative estimate of drug-likeness (QED) is 0.592. The molecule has 32 heavy (non-hydrogen) atoms. The van der Waals surface area contributed by atoms with E-state index >= 15 is 0 Å². The Morgan fingerprint density at radius 1 is 1.00 bits per heavy atom. The topological polar surface area (TPSA) is 95.6 Å². The number of nitrogens with one attached hydrogen (secondary N) is 2. The summed E-state index contributed by atoms with van der Waals surface area (Å²) in [6, 6.07) is 11.0. The third-order valence-corrected chi connectivity index (χ3v) is 6.67. The molecule has 0 radical (unpaired) electrons. The average molecular weight is 460 g/mol. The molecule has 0 saturated carbocycles. The number of benzene rings is 2. The number of nitrogens with zero attached hydrogens (tertiary/aromatic N) is 1. The van der Waals surface area contributed by atoms with E-state index in [1.165, 1.54) is 0 Å². The van der Waals surface area contributed by atoms with Crippen LogP contribution in [0.1, 0.15) is 55.1 Å². The lowest BCUT2D eigenvalue weighted by Gasteiger charge is -2.30. The summed E-state index contributed by atoms with van der Waals surface area (Å²) < 4.78 is 26.5. The van der Waals surface area contributed by atoms with Crippen LogP contribution >= 0.6 is 0 Å². The van der Waals surface area contributed by atoms with Gasteiger partial charge in [-0.15, -0.1) is 0 Å². The summed E-state index contributed by atoms with van der Waals surface area (Å²) in [6.45, 7) is 9.46. The molecule has 2 rings (SSSR count). The number of anilines is 2. The van der Waals surface area contributed by atoms with Gasteiger partial charge in [-0.3, -0.25) is 13.9 Å². The predicted molar refractivity (Wildman–Crippen MR) is 130 cm³/mol. The van der Waals surface area contributed by atoms with Crippen LogP contribution in [0.5, 0.6) is 0 Å². The maximum Gasteiger partial charge on any atom is 0.253 e. The monoisotopic (exact) mass is 459 g/mol. The van der Waals surface area contributed by atoms with Crippen LogP contribution in [0.15, 0.2) is 42.5 Å². The first-order chi connectivity index (χ1) is 15.0. The van der Waals surface area contributed by atoms with Crippen molar-refractivity contribution in [3.05, 3.63) is 59.2 Å². The highest BCUT2D eigenvalue weighted by atomic mass is 32.2. The van der Waals surface area contributed by atoms with Crippen LogP contribution in [0.2, 0.25) is 0 Å². The number of rotatable bonds is 9. The van der Waals surface area contributed by atoms with Crippen molar-refractivity contribution in [2.24, 2.45) is 0 Å². The van der Waals surface area contributed by atoms with Crippen LogP contribution in [0.3, 0.4) is 0 Å². The van der Waals surface area contributed by atoms with Gasteiger partial charge in [-0.1, -0.05) is 32.0 Å². The van der Waals surface area contributed by atoms with Crippen LogP contribution in [0, 0.1) is 13.8 Å². The Kier molecular flexibility index (Phi) is 8.44. The number of hydrogen-bond acceptors (Lipinski definition) is 4. The third-order valence-electron chi connectivity index (χ3n) is 5.49. The summed E-state index contributed by atoms with van der Waals surface area (Å²) in [5.74, 6) is -0.794. The van der Waals surface area contributed by atoms with E-state index < -0.39 is 22.0 Å². The van der Waals surface area contributed by atoms with E-state index in [2.05, 4.69) is 10.6 Å². The van der Waals surface area contributed by atoms with E-state index in [0.717, 1.165) is 28.1 Å². The Labute approximate surface area is 191 Å². The predicted octanol–water partition coefficient (Wildman–Crippen LogP) is 4.02. The van der Waals surface area contributed by atoms with Gasteiger partial charge in [0.15, 0.2) is 0 Å². The summed E-state index contributed by atoms with van der Waals surface area (Å²) in [5.41, 5.74) is 3.05. The zero-order valence-electron chi connectivity index (χ0n) is 19.6. The first-order valence-electron chi connectivity index (χ1n) is 10.8. The SMILES string of the molecule is CC[C@H](C)NC(=O)c1ccccc1NC(=O)[C@H](CC)N(c1ccc(C)c(C)c1)S(C)(=O)=O. The molecule has 0 aliphatic carbocycles. The molecule has 0 unspecified atom stereocenters. The van der Waals surface area contributed by atoms with Crippen LogP contribution in [0.25, 0.3) is 0 Å². The molecule has 0 bridgehead atoms. The second-order valence-corrected chi connectivity index (χ2v) is 9.93. The number of aryl methyl sites for hydroxylation is 2. The summed E-state index contributed by atoms with van der Waals surface area (Å²) in [5, 5.41) is 5.67. The smallest absolute Gasteiger partial charge is 0.253 e. The van der Waals surface area contributed by atoms with Crippen molar-refractivity contribution < 1.29 is 18.0 Å². The maximum atomic E-state index is 13.3. The van der Waals surface area contributed by atoms with Crippen molar-refractivity contribution >= 4 is 33.2 Å². The Hall–Kier alpha value is -2.87. The van der Waals surface area contributed by atoms with Crippen molar-refractivity contribution in [3.63, 3.8) is 0 Å². The lowest BCUT2D eigenvalue weighted by Crippen LogP contribution is -2.47. The fourth-order valence-electron chi connectivity index (χ4n) is 3.33. The molecular weight excluding hydrogens is 426 g/mol. The number of para-hydroxylation sites is 1. The van der Waals surface area contributed by atoms with Gasteiger partial charge in [-0.05, 0) is 69.0 Å². The van der Waals surface area contributed by atoms with Crippen molar-refractivity contribution in [3.8, 4) is 0 Å². The average Bonchev–Trinajstić information content (AvgIpc) is 2.73. The van der Waals surface area contributed by atoms with Crippen molar-refractivity contribution in [2.75, 3.05) is 15.9 Å². The first-order valence-corrected chi connectivity index (χ1v) is 12.6. The molecule has 2 N–H and O–H groups in total. The molecule has 2 amide bonds. The van der Waals surface area contributed by atoms with Crippen LogP contribution < -0.4 is 14.9 Å². The normalized spacial score (nSPS) is 13.2. The number of carbonyl (C=O) groups is 2. The van der Waals surface area contributed by atoms with Gasteiger partial charge in [0.25, 0.3) is 5.91 Å². The first kappa shape index (κ1) is 25.4. The van der Waals surface area contributed by atoms with Crippen LogP contribution in [0.4, 0.5) is 11.4 Å². The van der Waals surface area contributed by atoms with E-state index in [-0.39, 0.29) is 18.4 Å². The summed E-state index contributed by atoms with van der Waals surface area (Å²) in [6.07, 6.45) is 2.12. The van der Waals surface area contributed by atoms with Gasteiger partial charge >= 0.3 is 0 Å². The highest BCUT2D eigenvalue weighted by Gasteiger charge is 2.32. The summed E-state index contributed by atoms with van der Waals surface area (Å²) in [4.78, 5) is 25.9. The molecule has 2 aromatic rings. The molecule has 0 fully saturated rings. The molecule has 0 saturated heterocycles. The minimum absolute atomic E-state index is 0.0137. The maximum absolute atomic E-state index is 13.3. The molecule has 0 aromatic heterocycles. The lowest BCUT2D eigenvalue weighted by molar-refractivity contribution is -0.117. The molecule has 2 atom stereocenters.